The third-order valence-corrected chi connectivity index (χ3v) is 4.76. The van der Waals surface area contributed by atoms with Gasteiger partial charge in [-0.15, -0.1) is 0 Å². The number of hydrogen-bond donors (Lipinski definition) is 2. The van der Waals surface area contributed by atoms with Crippen LogP contribution in [0.4, 0.5) is 10.1 Å². The summed E-state index contributed by atoms with van der Waals surface area (Å²) in [5.41, 5.74) is 5.17. The van der Waals surface area contributed by atoms with E-state index in [1.807, 2.05) is 0 Å². The molecule has 0 amide bonds. The molecule has 1 aromatic carbocycles. The monoisotopic (exact) mass is 306 g/mol. The molecule has 0 aliphatic heterocycles. The first-order valence-electron chi connectivity index (χ1n) is 5.46. The summed E-state index contributed by atoms with van der Waals surface area (Å²) < 4.78 is 44.7. The normalized spacial score (nSPS) is 12.8. The summed E-state index contributed by atoms with van der Waals surface area (Å²) in [5.74, 6) is -0.371. The van der Waals surface area contributed by atoms with E-state index in [2.05, 4.69) is 4.72 Å². The topological polar surface area (TPSA) is 81.4 Å². The van der Waals surface area contributed by atoms with Crippen LogP contribution >= 0.6 is 12.2 Å². The standard InChI is InChI=1S/C11H15FN2O3S2/c1-3-10(11(13)18)19(15,16)14-9-6-7(17-2)4-5-8(9)12/h4-6,10,14H,3H2,1-2H3,(H2,13,18). The van der Waals surface area contributed by atoms with Crippen LogP contribution < -0.4 is 15.2 Å². The molecule has 3 N–H and O–H groups in total. The number of halogens is 1. The molecule has 0 fully saturated rings. The van der Waals surface area contributed by atoms with E-state index in [1.165, 1.54) is 19.2 Å². The SMILES string of the molecule is CCC(C(N)=S)S(=O)(=O)Nc1cc(OC)ccc1F. The van der Waals surface area contributed by atoms with Crippen LogP contribution in [0, 0.1) is 5.82 Å². The highest BCUT2D eigenvalue weighted by Gasteiger charge is 2.27. The molecule has 1 atom stereocenters. The zero-order valence-corrected chi connectivity index (χ0v) is 12.1. The maximum Gasteiger partial charge on any atom is 0.242 e. The molecular weight excluding hydrogens is 291 g/mol. The molecule has 1 rings (SSSR count). The highest BCUT2D eigenvalue weighted by molar-refractivity contribution is 7.95. The van der Waals surface area contributed by atoms with E-state index in [9.17, 15) is 12.8 Å². The Hall–Kier alpha value is -1.41. The van der Waals surface area contributed by atoms with E-state index in [0.717, 1.165) is 6.07 Å². The summed E-state index contributed by atoms with van der Waals surface area (Å²) in [6.07, 6.45) is 0.205. The van der Waals surface area contributed by atoms with Crippen molar-refractivity contribution in [1.82, 2.24) is 0 Å². The number of benzene rings is 1. The molecule has 0 aliphatic carbocycles. The summed E-state index contributed by atoms with van der Waals surface area (Å²) >= 11 is 4.70. The van der Waals surface area contributed by atoms with E-state index < -0.39 is 21.1 Å². The predicted octanol–water partition coefficient (Wildman–Crippen LogP) is 1.64. The smallest absolute Gasteiger partial charge is 0.242 e. The lowest BCUT2D eigenvalue weighted by molar-refractivity contribution is 0.414. The minimum Gasteiger partial charge on any atom is -0.497 e. The van der Waals surface area contributed by atoms with Crippen LogP contribution in [-0.4, -0.2) is 25.8 Å². The second-order valence-corrected chi connectivity index (χ2v) is 6.13. The molecule has 0 spiro atoms. The Morgan fingerprint density at radius 1 is 1.58 bits per heavy atom. The first-order valence-corrected chi connectivity index (χ1v) is 7.41. The second-order valence-electron chi connectivity index (χ2n) is 3.79. The molecule has 0 saturated carbocycles. The zero-order chi connectivity index (χ0) is 14.6. The number of nitrogens with one attached hydrogen (secondary N) is 1. The van der Waals surface area contributed by atoms with Crippen LogP contribution in [-0.2, 0) is 10.0 Å². The number of sulfonamides is 1. The van der Waals surface area contributed by atoms with Gasteiger partial charge < -0.3 is 10.5 Å². The van der Waals surface area contributed by atoms with Crippen molar-refractivity contribution < 1.29 is 17.5 Å². The number of hydrogen-bond acceptors (Lipinski definition) is 4. The Labute approximate surface area is 117 Å². The number of thiocarbonyl (C=S) groups is 1. The second kappa shape index (κ2) is 6.16. The maximum atomic E-state index is 13.6. The van der Waals surface area contributed by atoms with Crippen molar-refractivity contribution in [3.63, 3.8) is 0 Å². The van der Waals surface area contributed by atoms with E-state index in [-0.39, 0.29) is 17.1 Å². The van der Waals surface area contributed by atoms with Gasteiger partial charge in [0.05, 0.1) is 17.8 Å². The number of ether oxygens (including phenoxy) is 1. The predicted molar refractivity (Wildman–Crippen MR) is 76.4 cm³/mol. The van der Waals surface area contributed by atoms with Crippen LogP contribution in [0.3, 0.4) is 0 Å². The van der Waals surface area contributed by atoms with E-state index in [1.54, 1.807) is 6.92 Å². The van der Waals surface area contributed by atoms with Crippen molar-refractivity contribution in [2.75, 3.05) is 11.8 Å². The zero-order valence-electron chi connectivity index (χ0n) is 10.5. The fourth-order valence-electron chi connectivity index (χ4n) is 1.51. The quantitative estimate of drug-likeness (QED) is 0.781. The van der Waals surface area contributed by atoms with Gasteiger partial charge >= 0.3 is 0 Å². The van der Waals surface area contributed by atoms with Gasteiger partial charge in [0, 0.05) is 6.07 Å². The average molecular weight is 306 g/mol. The minimum absolute atomic E-state index is 0.154. The van der Waals surface area contributed by atoms with E-state index in [0.29, 0.717) is 5.75 Å². The fraction of sp³-hybridized carbons (Fsp3) is 0.364. The number of rotatable bonds is 6. The molecule has 0 saturated heterocycles. The minimum atomic E-state index is -3.88. The van der Waals surface area contributed by atoms with Crippen LogP contribution in [0.25, 0.3) is 0 Å². The molecule has 19 heavy (non-hydrogen) atoms. The molecular formula is C11H15FN2O3S2. The van der Waals surface area contributed by atoms with Crippen molar-refractivity contribution in [3.05, 3.63) is 24.0 Å². The van der Waals surface area contributed by atoms with Gasteiger partial charge in [-0.2, -0.15) is 0 Å². The molecule has 1 aromatic rings. The first kappa shape index (κ1) is 15.6. The molecule has 0 radical (unpaired) electrons. The fourth-order valence-corrected chi connectivity index (χ4v) is 3.40. The Balaban J connectivity index is 3.10. The lowest BCUT2D eigenvalue weighted by atomic mass is 10.3. The molecule has 1 unspecified atom stereocenters. The molecule has 0 aromatic heterocycles. The summed E-state index contributed by atoms with van der Waals surface area (Å²) in [6, 6.07) is 3.75. The molecule has 0 bridgehead atoms. The van der Waals surface area contributed by atoms with Gasteiger partial charge in [0.2, 0.25) is 10.0 Å². The van der Waals surface area contributed by atoms with Gasteiger partial charge in [-0.05, 0) is 18.6 Å². The van der Waals surface area contributed by atoms with E-state index in [4.69, 9.17) is 22.7 Å². The summed E-state index contributed by atoms with van der Waals surface area (Å²) in [6.45, 7) is 1.63. The Morgan fingerprint density at radius 2 is 2.21 bits per heavy atom. The Morgan fingerprint density at radius 3 is 2.68 bits per heavy atom. The summed E-state index contributed by atoms with van der Waals surface area (Å²) in [4.78, 5) is -0.154. The van der Waals surface area contributed by atoms with Crippen molar-refractivity contribution in [2.45, 2.75) is 18.6 Å². The summed E-state index contributed by atoms with van der Waals surface area (Å²) in [7, 11) is -2.49. The van der Waals surface area contributed by atoms with Gasteiger partial charge in [0.15, 0.2) is 0 Å². The third-order valence-electron chi connectivity index (χ3n) is 2.49. The molecule has 8 heteroatoms. The highest BCUT2D eigenvalue weighted by atomic mass is 32.2. The largest absolute Gasteiger partial charge is 0.497 e. The van der Waals surface area contributed by atoms with Crippen molar-refractivity contribution in [2.24, 2.45) is 5.73 Å². The van der Waals surface area contributed by atoms with Gasteiger partial charge in [-0.25, -0.2) is 12.8 Å². The van der Waals surface area contributed by atoms with Gasteiger partial charge in [-0.1, -0.05) is 19.1 Å². The van der Waals surface area contributed by atoms with Gasteiger partial charge in [0.1, 0.15) is 16.8 Å². The Bertz CT molecular complexity index is 575. The van der Waals surface area contributed by atoms with E-state index >= 15 is 0 Å². The highest BCUT2D eigenvalue weighted by Crippen LogP contribution is 2.23. The van der Waals surface area contributed by atoms with Gasteiger partial charge in [0.25, 0.3) is 0 Å². The Kier molecular flexibility index (Phi) is 5.07. The van der Waals surface area contributed by atoms with Crippen LogP contribution in [0.15, 0.2) is 18.2 Å². The molecule has 0 heterocycles. The van der Waals surface area contributed by atoms with Gasteiger partial charge in [-0.3, -0.25) is 4.72 Å². The number of methoxy groups -OCH3 is 1. The average Bonchev–Trinajstić information content (AvgIpc) is 2.31. The van der Waals surface area contributed by atoms with Crippen LogP contribution in [0.1, 0.15) is 13.3 Å². The number of anilines is 1. The number of nitrogens with two attached hydrogens (primary N) is 1. The lowest BCUT2D eigenvalue weighted by Gasteiger charge is -2.16. The first-order chi connectivity index (χ1) is 8.81. The van der Waals surface area contributed by atoms with Crippen molar-refractivity contribution >= 4 is 32.9 Å². The van der Waals surface area contributed by atoms with Crippen LogP contribution in [0.2, 0.25) is 0 Å². The van der Waals surface area contributed by atoms with Crippen LogP contribution in [0.5, 0.6) is 5.75 Å². The summed E-state index contributed by atoms with van der Waals surface area (Å²) in [5, 5.41) is -1.05. The lowest BCUT2D eigenvalue weighted by Crippen LogP contribution is -2.37. The molecule has 5 nitrogen and oxygen atoms in total. The molecule has 0 aliphatic rings. The maximum absolute atomic E-state index is 13.6. The molecule has 106 valence electrons. The third kappa shape index (κ3) is 3.77. The van der Waals surface area contributed by atoms with Crippen molar-refractivity contribution in [1.29, 1.82) is 0 Å². The van der Waals surface area contributed by atoms with Crippen molar-refractivity contribution in [3.8, 4) is 5.75 Å².